The van der Waals surface area contributed by atoms with Crippen molar-refractivity contribution in [2.24, 2.45) is 0 Å². The fourth-order valence-electron chi connectivity index (χ4n) is 1.73. The summed E-state index contributed by atoms with van der Waals surface area (Å²) in [6, 6.07) is 8.46. The van der Waals surface area contributed by atoms with Crippen LogP contribution in [0.15, 0.2) is 43.1 Å². The van der Waals surface area contributed by atoms with Crippen LogP contribution >= 0.6 is 9.39 Å². The van der Waals surface area contributed by atoms with Gasteiger partial charge in [-0.1, -0.05) is 47.5 Å². The van der Waals surface area contributed by atoms with Gasteiger partial charge in [0.2, 0.25) is 0 Å². The van der Waals surface area contributed by atoms with Crippen molar-refractivity contribution in [1.29, 1.82) is 0 Å². The minimum absolute atomic E-state index is 0.877. The molecule has 1 aromatic heterocycles. The van der Waals surface area contributed by atoms with Crippen molar-refractivity contribution in [2.45, 2.75) is 20.4 Å². The van der Waals surface area contributed by atoms with Crippen molar-refractivity contribution in [1.82, 2.24) is 9.65 Å². The lowest BCUT2D eigenvalue weighted by Crippen LogP contribution is -2.10. The van der Waals surface area contributed by atoms with Gasteiger partial charge in [-0.25, -0.2) is 0 Å². The predicted molar refractivity (Wildman–Crippen MR) is 80.0 cm³/mol. The molecule has 0 aliphatic heterocycles. The molecule has 17 heavy (non-hydrogen) atoms. The van der Waals surface area contributed by atoms with E-state index in [1.54, 1.807) is 0 Å². The van der Waals surface area contributed by atoms with E-state index < -0.39 is 0 Å². The van der Waals surface area contributed by atoms with Crippen LogP contribution in [0.5, 0.6) is 0 Å². The molecule has 2 aromatic rings. The summed E-state index contributed by atoms with van der Waals surface area (Å²) in [5.74, 6) is 0. The van der Waals surface area contributed by atoms with E-state index in [0.29, 0.717) is 0 Å². The number of para-hydroxylation sites is 1. The number of benzene rings is 1. The number of hydrogen-bond acceptors (Lipinski definition) is 1. The Kier molecular flexibility index (Phi) is 5.96. The summed E-state index contributed by atoms with van der Waals surface area (Å²) in [4.78, 5) is 3.27. The van der Waals surface area contributed by atoms with Crippen molar-refractivity contribution in [3.63, 3.8) is 0 Å². The van der Waals surface area contributed by atoms with Crippen molar-refractivity contribution >= 4 is 20.3 Å². The van der Waals surface area contributed by atoms with E-state index in [1.807, 2.05) is 26.1 Å². The second-order valence-corrected chi connectivity index (χ2v) is 4.31. The van der Waals surface area contributed by atoms with Crippen LogP contribution in [-0.2, 0) is 6.54 Å². The number of nitrogens with zero attached hydrogens (tertiary/aromatic N) is 1. The number of nitrogens with one attached hydrogen (secondary N) is 1. The molecule has 0 radical (unpaired) electrons. The molecule has 1 unspecified atom stereocenters. The first-order valence-corrected chi connectivity index (χ1v) is 6.48. The summed E-state index contributed by atoms with van der Waals surface area (Å²) in [6.07, 6.45) is 3.89. The fraction of sp³-hybridized carbons (Fsp3) is 0.286. The molecule has 92 valence electrons. The molecule has 0 fully saturated rings. The highest BCUT2D eigenvalue weighted by atomic mass is 31.0. The molecule has 1 N–H and O–H groups in total. The lowest BCUT2D eigenvalue weighted by molar-refractivity contribution is 0.517. The fourth-order valence-corrected chi connectivity index (χ4v) is 2.08. The summed E-state index contributed by atoms with van der Waals surface area (Å²) in [5.41, 5.74) is 2.54. The van der Waals surface area contributed by atoms with Gasteiger partial charge < -0.3 is 4.98 Å². The third-order valence-corrected chi connectivity index (χ3v) is 2.80. The first-order chi connectivity index (χ1) is 8.31. The lowest BCUT2D eigenvalue weighted by Gasteiger charge is -2.14. The van der Waals surface area contributed by atoms with E-state index in [-0.39, 0.29) is 0 Å². The average Bonchev–Trinajstić information content (AvgIpc) is 2.81. The Labute approximate surface area is 106 Å². The van der Waals surface area contributed by atoms with Crippen LogP contribution in [0.4, 0.5) is 0 Å². The molecule has 3 heteroatoms. The van der Waals surface area contributed by atoms with Gasteiger partial charge in [0.25, 0.3) is 0 Å². The summed E-state index contributed by atoms with van der Waals surface area (Å²) in [6.45, 7) is 9.52. The van der Waals surface area contributed by atoms with Gasteiger partial charge in [-0.3, -0.25) is 4.67 Å². The SMILES string of the molecule is C=CCN(P)Cc1cccc2cc[nH]c12.CC. The highest BCUT2D eigenvalue weighted by Gasteiger charge is 2.03. The van der Waals surface area contributed by atoms with Crippen LogP contribution in [0.25, 0.3) is 10.9 Å². The summed E-state index contributed by atoms with van der Waals surface area (Å²) in [5, 5.41) is 1.27. The molecule has 0 saturated carbocycles. The van der Waals surface area contributed by atoms with E-state index in [9.17, 15) is 0 Å². The van der Waals surface area contributed by atoms with Crippen molar-refractivity contribution < 1.29 is 0 Å². The molecule has 0 spiro atoms. The van der Waals surface area contributed by atoms with Gasteiger partial charge >= 0.3 is 0 Å². The van der Waals surface area contributed by atoms with Gasteiger partial charge in [0.05, 0.1) is 0 Å². The Hall–Kier alpha value is -1.11. The molecule has 0 bridgehead atoms. The molecule has 2 nitrogen and oxygen atoms in total. The van der Waals surface area contributed by atoms with Gasteiger partial charge in [-0.15, -0.1) is 6.58 Å². The molecule has 0 aliphatic rings. The number of fused-ring (bicyclic) bond motifs is 1. The van der Waals surface area contributed by atoms with E-state index in [0.717, 1.165) is 13.1 Å². The van der Waals surface area contributed by atoms with Crippen LogP contribution < -0.4 is 0 Å². The maximum Gasteiger partial charge on any atom is 0.0499 e. The summed E-state index contributed by atoms with van der Waals surface area (Å²) in [7, 11) is 2.72. The zero-order valence-electron chi connectivity index (χ0n) is 10.6. The Morgan fingerprint density at radius 2 is 2.12 bits per heavy atom. The Balaban J connectivity index is 0.000000686. The van der Waals surface area contributed by atoms with E-state index in [2.05, 4.69) is 49.9 Å². The highest BCUT2D eigenvalue weighted by molar-refractivity contribution is 7.13. The molecule has 1 aromatic carbocycles. The molecule has 2 rings (SSSR count). The standard InChI is InChI=1S/C12H15N2P.C2H6/c1-2-8-14(15)9-11-5-3-4-10-6-7-13-12(10)11;1-2/h2-7,13H,1,8-9,15H2;1-2H3. The predicted octanol–water partition coefficient (Wildman–Crippen LogP) is 3.97. The topological polar surface area (TPSA) is 19.0 Å². The second-order valence-electron chi connectivity index (χ2n) is 3.58. The first kappa shape index (κ1) is 14.0. The molecule has 1 heterocycles. The summed E-state index contributed by atoms with van der Waals surface area (Å²) >= 11 is 0. The monoisotopic (exact) mass is 248 g/mol. The molecular weight excluding hydrogens is 227 g/mol. The van der Waals surface area contributed by atoms with Gasteiger partial charge in [0, 0.05) is 24.8 Å². The van der Waals surface area contributed by atoms with Crippen molar-refractivity contribution in [3.8, 4) is 0 Å². The number of H-pyrrole nitrogens is 1. The Morgan fingerprint density at radius 3 is 2.82 bits per heavy atom. The van der Waals surface area contributed by atoms with Crippen molar-refractivity contribution in [2.75, 3.05) is 6.54 Å². The third-order valence-electron chi connectivity index (χ3n) is 2.41. The average molecular weight is 248 g/mol. The summed E-state index contributed by atoms with van der Waals surface area (Å²) < 4.78 is 2.16. The number of aromatic amines is 1. The minimum Gasteiger partial charge on any atom is -0.361 e. The van der Waals surface area contributed by atoms with Crippen LogP contribution in [-0.4, -0.2) is 16.2 Å². The molecule has 0 amide bonds. The normalized spacial score (nSPS) is 10.1. The van der Waals surface area contributed by atoms with Gasteiger partial charge in [0.1, 0.15) is 0 Å². The zero-order valence-corrected chi connectivity index (χ0v) is 11.8. The van der Waals surface area contributed by atoms with Crippen LogP contribution in [0.1, 0.15) is 19.4 Å². The van der Waals surface area contributed by atoms with Crippen LogP contribution in [0, 0.1) is 0 Å². The highest BCUT2D eigenvalue weighted by Crippen LogP contribution is 2.19. The van der Waals surface area contributed by atoms with Crippen LogP contribution in [0.2, 0.25) is 0 Å². The zero-order chi connectivity index (χ0) is 12.7. The number of aromatic nitrogens is 1. The Bertz CT molecular complexity index is 462. The second kappa shape index (κ2) is 7.26. The Morgan fingerprint density at radius 1 is 1.35 bits per heavy atom. The van der Waals surface area contributed by atoms with Crippen LogP contribution in [0.3, 0.4) is 0 Å². The van der Waals surface area contributed by atoms with E-state index in [1.165, 1.54) is 16.5 Å². The number of rotatable bonds is 4. The largest absolute Gasteiger partial charge is 0.361 e. The molecule has 0 aliphatic carbocycles. The van der Waals surface area contributed by atoms with Gasteiger partial charge in [-0.05, 0) is 17.0 Å². The quantitative estimate of drug-likeness (QED) is 0.640. The first-order valence-electron chi connectivity index (χ1n) is 5.97. The third kappa shape index (κ3) is 3.69. The van der Waals surface area contributed by atoms with Crippen molar-refractivity contribution in [3.05, 3.63) is 48.7 Å². The van der Waals surface area contributed by atoms with Gasteiger partial charge in [0.15, 0.2) is 0 Å². The minimum atomic E-state index is 0.877. The maximum absolute atomic E-state index is 3.73. The lowest BCUT2D eigenvalue weighted by atomic mass is 10.1. The molecular formula is C14H21N2P. The van der Waals surface area contributed by atoms with E-state index in [4.69, 9.17) is 0 Å². The smallest absolute Gasteiger partial charge is 0.0499 e. The van der Waals surface area contributed by atoms with E-state index >= 15 is 0 Å². The van der Waals surface area contributed by atoms with Gasteiger partial charge in [-0.2, -0.15) is 0 Å². The molecule has 1 atom stereocenters. The maximum atomic E-state index is 3.73. The number of hydrogen-bond donors (Lipinski definition) is 1. The molecule has 0 saturated heterocycles.